The second-order valence-electron chi connectivity index (χ2n) is 6.62. The minimum Gasteiger partial charge on any atom is -0.353 e. The third-order valence-electron chi connectivity index (χ3n) is 5.05. The Bertz CT molecular complexity index is 700. The van der Waals surface area contributed by atoms with Crippen molar-refractivity contribution in [2.45, 2.75) is 37.8 Å². The van der Waals surface area contributed by atoms with Gasteiger partial charge in [-0.15, -0.1) is 0 Å². The second-order valence-corrected chi connectivity index (χ2v) is 6.98. The van der Waals surface area contributed by atoms with Gasteiger partial charge in [-0.05, 0) is 25.7 Å². The Morgan fingerprint density at radius 3 is 2.58 bits per heavy atom. The molecular weight excluding hydrogens is 328 g/mol. The van der Waals surface area contributed by atoms with Crippen molar-refractivity contribution in [3.63, 3.8) is 0 Å². The summed E-state index contributed by atoms with van der Waals surface area (Å²) >= 11 is 6.00. The highest BCUT2D eigenvalue weighted by atomic mass is 35.5. The molecule has 3 aliphatic rings. The number of nitriles is 1. The van der Waals surface area contributed by atoms with Gasteiger partial charge in [-0.1, -0.05) is 11.6 Å². The van der Waals surface area contributed by atoms with Crippen molar-refractivity contribution in [2.24, 2.45) is 0 Å². The molecule has 126 valence electrons. The van der Waals surface area contributed by atoms with E-state index in [-0.39, 0.29) is 22.9 Å². The maximum absolute atomic E-state index is 12.6. The van der Waals surface area contributed by atoms with E-state index in [1.165, 1.54) is 0 Å². The number of carbonyl (C=O) groups is 1. The lowest BCUT2D eigenvalue weighted by molar-refractivity contribution is 0.169. The summed E-state index contributed by atoms with van der Waals surface area (Å²) in [7, 11) is 0. The quantitative estimate of drug-likeness (QED) is 0.835. The van der Waals surface area contributed by atoms with Crippen molar-refractivity contribution in [3.8, 4) is 6.07 Å². The normalized spacial score (nSPS) is 24.4. The third-order valence-corrected chi connectivity index (χ3v) is 5.31. The smallest absolute Gasteiger partial charge is 0.320 e. The van der Waals surface area contributed by atoms with Gasteiger partial charge in [0.25, 0.3) is 0 Å². The van der Waals surface area contributed by atoms with Gasteiger partial charge in [0.1, 0.15) is 11.9 Å². The number of rotatable bonds is 3. The fourth-order valence-electron chi connectivity index (χ4n) is 3.64. The molecule has 1 aromatic rings. The first-order valence-electron chi connectivity index (χ1n) is 8.42. The van der Waals surface area contributed by atoms with E-state index in [9.17, 15) is 4.79 Å². The lowest BCUT2D eigenvalue weighted by Gasteiger charge is -2.37. The SMILES string of the molecule is N#Cc1ncc(N2CCCC(N3CCN(C4CC4)C3=O)C2)nc1Cl. The van der Waals surface area contributed by atoms with Gasteiger partial charge in [-0.2, -0.15) is 5.26 Å². The van der Waals surface area contributed by atoms with E-state index < -0.39 is 0 Å². The molecule has 8 heteroatoms. The zero-order valence-corrected chi connectivity index (χ0v) is 14.1. The number of amides is 2. The molecule has 0 N–H and O–H groups in total. The summed E-state index contributed by atoms with van der Waals surface area (Å²) in [6.07, 6.45) is 5.90. The summed E-state index contributed by atoms with van der Waals surface area (Å²) < 4.78 is 0. The number of anilines is 1. The predicted octanol–water partition coefficient (Wildman–Crippen LogP) is 1.87. The van der Waals surface area contributed by atoms with Gasteiger partial charge in [0.2, 0.25) is 0 Å². The van der Waals surface area contributed by atoms with Gasteiger partial charge in [0.05, 0.1) is 12.2 Å². The van der Waals surface area contributed by atoms with E-state index in [0.29, 0.717) is 11.9 Å². The molecule has 4 rings (SSSR count). The summed E-state index contributed by atoms with van der Waals surface area (Å²) in [5.41, 5.74) is 0.142. The van der Waals surface area contributed by atoms with Crippen LogP contribution in [0.3, 0.4) is 0 Å². The van der Waals surface area contributed by atoms with Gasteiger partial charge < -0.3 is 14.7 Å². The highest BCUT2D eigenvalue weighted by Crippen LogP contribution is 2.32. The molecule has 1 aromatic heterocycles. The van der Waals surface area contributed by atoms with Crippen LogP contribution in [0, 0.1) is 11.3 Å². The number of hydrogen-bond donors (Lipinski definition) is 0. The average Bonchev–Trinajstić information content (AvgIpc) is 3.37. The molecular formula is C16H19ClN6O. The van der Waals surface area contributed by atoms with Crippen LogP contribution < -0.4 is 4.90 Å². The maximum Gasteiger partial charge on any atom is 0.320 e. The molecule has 0 aromatic carbocycles. The van der Waals surface area contributed by atoms with Crippen LogP contribution in [0.15, 0.2) is 6.20 Å². The van der Waals surface area contributed by atoms with Crippen LogP contribution in [0.5, 0.6) is 0 Å². The number of halogens is 1. The van der Waals surface area contributed by atoms with Crippen LogP contribution in [0.25, 0.3) is 0 Å². The van der Waals surface area contributed by atoms with Gasteiger partial charge in [-0.25, -0.2) is 14.8 Å². The third kappa shape index (κ3) is 2.75. The molecule has 3 heterocycles. The van der Waals surface area contributed by atoms with E-state index in [2.05, 4.69) is 14.9 Å². The Balaban J connectivity index is 1.47. The van der Waals surface area contributed by atoms with E-state index >= 15 is 0 Å². The standard InChI is InChI=1S/C16H19ClN6O/c17-15-13(8-18)19-9-14(20-15)21-5-1-2-12(10-21)23-7-6-22(16(23)24)11-3-4-11/h9,11-12H,1-7,10H2. The summed E-state index contributed by atoms with van der Waals surface area (Å²) in [5, 5.41) is 9.04. The van der Waals surface area contributed by atoms with Gasteiger partial charge in [0.15, 0.2) is 10.8 Å². The van der Waals surface area contributed by atoms with E-state index in [0.717, 1.165) is 51.9 Å². The van der Waals surface area contributed by atoms with Crippen LogP contribution in [0.4, 0.5) is 10.6 Å². The lowest BCUT2D eigenvalue weighted by Crippen LogP contribution is -2.49. The van der Waals surface area contributed by atoms with Crippen molar-refractivity contribution in [1.29, 1.82) is 5.26 Å². The fourth-order valence-corrected chi connectivity index (χ4v) is 3.82. The van der Waals surface area contributed by atoms with Crippen molar-refractivity contribution >= 4 is 23.4 Å². The molecule has 1 atom stereocenters. The van der Waals surface area contributed by atoms with Crippen LogP contribution in [0.2, 0.25) is 5.15 Å². The van der Waals surface area contributed by atoms with Crippen LogP contribution in [-0.2, 0) is 0 Å². The molecule has 0 radical (unpaired) electrons. The molecule has 0 spiro atoms. The number of nitrogens with zero attached hydrogens (tertiary/aromatic N) is 6. The molecule has 1 aliphatic carbocycles. The van der Waals surface area contributed by atoms with E-state index in [1.54, 1.807) is 6.20 Å². The number of carbonyl (C=O) groups excluding carboxylic acids is 1. The first kappa shape index (κ1) is 15.5. The van der Waals surface area contributed by atoms with E-state index in [1.807, 2.05) is 15.9 Å². The second kappa shape index (κ2) is 6.10. The number of hydrogen-bond acceptors (Lipinski definition) is 5. The first-order valence-corrected chi connectivity index (χ1v) is 8.80. The van der Waals surface area contributed by atoms with E-state index in [4.69, 9.17) is 16.9 Å². The molecule has 1 unspecified atom stereocenters. The minimum absolute atomic E-state index is 0.134. The summed E-state index contributed by atoms with van der Waals surface area (Å²) in [5.74, 6) is 0.675. The Kier molecular flexibility index (Phi) is 3.93. The zero-order chi connectivity index (χ0) is 16.7. The molecule has 2 saturated heterocycles. The average molecular weight is 347 g/mol. The van der Waals surface area contributed by atoms with Crippen molar-refractivity contribution in [1.82, 2.24) is 19.8 Å². The summed E-state index contributed by atoms with van der Waals surface area (Å²) in [6, 6.07) is 2.79. The summed E-state index contributed by atoms with van der Waals surface area (Å²) in [6.45, 7) is 3.26. The lowest BCUT2D eigenvalue weighted by atomic mass is 10.0. The molecule has 2 aliphatic heterocycles. The van der Waals surface area contributed by atoms with Gasteiger partial charge in [-0.3, -0.25) is 0 Å². The molecule has 7 nitrogen and oxygen atoms in total. The number of aromatic nitrogens is 2. The van der Waals surface area contributed by atoms with Crippen LogP contribution in [0.1, 0.15) is 31.4 Å². The van der Waals surface area contributed by atoms with Crippen molar-refractivity contribution < 1.29 is 4.79 Å². The number of piperidine rings is 1. The Labute approximate surface area is 145 Å². The molecule has 2 amide bonds. The van der Waals surface area contributed by atoms with Gasteiger partial charge >= 0.3 is 6.03 Å². The monoisotopic (exact) mass is 346 g/mol. The minimum atomic E-state index is 0.134. The Morgan fingerprint density at radius 1 is 1.17 bits per heavy atom. The highest BCUT2D eigenvalue weighted by molar-refractivity contribution is 6.30. The zero-order valence-electron chi connectivity index (χ0n) is 13.4. The Hall–Kier alpha value is -2.07. The molecule has 3 fully saturated rings. The topological polar surface area (TPSA) is 76.4 Å². The molecule has 24 heavy (non-hydrogen) atoms. The van der Waals surface area contributed by atoms with Crippen LogP contribution in [-0.4, -0.2) is 64.1 Å². The molecule has 1 saturated carbocycles. The van der Waals surface area contributed by atoms with Gasteiger partial charge in [0, 0.05) is 32.2 Å². The fraction of sp³-hybridized carbons (Fsp3) is 0.625. The Morgan fingerprint density at radius 2 is 1.92 bits per heavy atom. The van der Waals surface area contributed by atoms with Crippen molar-refractivity contribution in [3.05, 3.63) is 17.0 Å². The highest BCUT2D eigenvalue weighted by Gasteiger charge is 2.42. The predicted molar refractivity (Wildman–Crippen MR) is 88.8 cm³/mol. The maximum atomic E-state index is 12.6. The molecule has 0 bridgehead atoms. The first-order chi connectivity index (χ1) is 11.7. The van der Waals surface area contributed by atoms with Crippen LogP contribution >= 0.6 is 11.6 Å². The largest absolute Gasteiger partial charge is 0.353 e. The van der Waals surface area contributed by atoms with Crippen molar-refractivity contribution in [2.75, 3.05) is 31.1 Å². The number of urea groups is 1. The summed E-state index contributed by atoms with van der Waals surface area (Å²) in [4.78, 5) is 27.1.